The molecule has 0 aliphatic carbocycles. The zero-order valence-electron chi connectivity index (χ0n) is 12.7. The van der Waals surface area contributed by atoms with Crippen LogP contribution in [-0.4, -0.2) is 26.4 Å². The summed E-state index contributed by atoms with van der Waals surface area (Å²) in [6.45, 7) is 5.63. The number of hydrogen-bond donors (Lipinski definition) is 2. The minimum Gasteiger partial charge on any atom is -0.394 e. The molecule has 0 radical (unpaired) electrons. The van der Waals surface area contributed by atoms with Gasteiger partial charge in [-0.2, -0.15) is 5.10 Å². The average Bonchev–Trinajstić information content (AvgIpc) is 2.75. The van der Waals surface area contributed by atoms with Crippen molar-refractivity contribution in [1.82, 2.24) is 15.1 Å². The van der Waals surface area contributed by atoms with Crippen LogP contribution in [-0.2, 0) is 19.6 Å². The van der Waals surface area contributed by atoms with Crippen molar-refractivity contribution in [2.24, 2.45) is 0 Å². The number of benzene rings is 1. The van der Waals surface area contributed by atoms with Gasteiger partial charge in [-0.15, -0.1) is 0 Å². The Morgan fingerprint density at radius 3 is 2.82 bits per heavy atom. The maximum Gasteiger partial charge on any atom is 0.269 e. The number of aromatic nitrogens is 2. The first-order chi connectivity index (χ1) is 10.5. The van der Waals surface area contributed by atoms with Crippen LogP contribution in [0.15, 0.2) is 24.3 Å². The monoisotopic (exact) mass is 304 g/mol. The number of non-ortho nitro benzene ring substituents is 1. The molecule has 2 N–H and O–H groups in total. The molecular formula is C15H20N4O3. The normalized spacial score (nSPS) is 10.9. The van der Waals surface area contributed by atoms with Crippen molar-refractivity contribution in [3.8, 4) is 0 Å². The van der Waals surface area contributed by atoms with E-state index in [1.807, 2.05) is 19.9 Å². The third-order valence-corrected chi connectivity index (χ3v) is 3.60. The third kappa shape index (κ3) is 3.69. The molecule has 0 fully saturated rings. The molecule has 22 heavy (non-hydrogen) atoms. The Kier molecular flexibility index (Phi) is 5.24. The Morgan fingerprint density at radius 1 is 1.36 bits per heavy atom. The van der Waals surface area contributed by atoms with Gasteiger partial charge < -0.3 is 10.4 Å². The standard InChI is InChI=1S/C15H20N4O3/c1-11-15(12(2)18(17-11)6-7-20)10-16-9-13-4-3-5-14(8-13)19(21)22/h3-5,8,16,20H,6-7,9-10H2,1-2H3. The molecule has 7 nitrogen and oxygen atoms in total. The van der Waals surface area contributed by atoms with Crippen LogP contribution in [0.5, 0.6) is 0 Å². The molecule has 0 amide bonds. The molecule has 0 unspecified atom stereocenters. The Balaban J connectivity index is 1.99. The van der Waals surface area contributed by atoms with E-state index in [4.69, 9.17) is 5.11 Å². The number of nitrogens with one attached hydrogen (secondary N) is 1. The Bertz CT molecular complexity index is 667. The van der Waals surface area contributed by atoms with E-state index in [0.29, 0.717) is 19.6 Å². The molecule has 1 aromatic carbocycles. The summed E-state index contributed by atoms with van der Waals surface area (Å²) in [5.41, 5.74) is 4.02. The molecule has 0 atom stereocenters. The second-order valence-electron chi connectivity index (χ2n) is 5.13. The Labute approximate surface area is 128 Å². The van der Waals surface area contributed by atoms with Crippen LogP contribution in [0.4, 0.5) is 5.69 Å². The number of nitro groups is 1. The molecule has 1 aromatic heterocycles. The fraction of sp³-hybridized carbons (Fsp3) is 0.400. The van der Waals surface area contributed by atoms with Crippen LogP contribution < -0.4 is 5.32 Å². The van der Waals surface area contributed by atoms with E-state index in [1.165, 1.54) is 6.07 Å². The maximum atomic E-state index is 10.8. The summed E-state index contributed by atoms with van der Waals surface area (Å²) in [4.78, 5) is 10.4. The summed E-state index contributed by atoms with van der Waals surface area (Å²) < 4.78 is 1.79. The van der Waals surface area contributed by atoms with E-state index in [2.05, 4.69) is 10.4 Å². The predicted molar refractivity (Wildman–Crippen MR) is 82.4 cm³/mol. The van der Waals surface area contributed by atoms with Crippen LogP contribution in [0.2, 0.25) is 0 Å². The summed E-state index contributed by atoms with van der Waals surface area (Å²) >= 11 is 0. The second-order valence-corrected chi connectivity index (χ2v) is 5.13. The highest BCUT2D eigenvalue weighted by molar-refractivity contribution is 5.34. The number of nitrogens with zero attached hydrogens (tertiary/aromatic N) is 3. The Hall–Kier alpha value is -2.25. The van der Waals surface area contributed by atoms with Crippen molar-refractivity contribution in [2.45, 2.75) is 33.5 Å². The topological polar surface area (TPSA) is 93.2 Å². The molecule has 0 aliphatic rings. The lowest BCUT2D eigenvalue weighted by Crippen LogP contribution is -2.14. The summed E-state index contributed by atoms with van der Waals surface area (Å²) in [6, 6.07) is 6.60. The summed E-state index contributed by atoms with van der Waals surface area (Å²) in [5.74, 6) is 0. The first-order valence-corrected chi connectivity index (χ1v) is 7.10. The van der Waals surface area contributed by atoms with Crippen LogP contribution in [0.3, 0.4) is 0 Å². The predicted octanol–water partition coefficient (Wildman–Crippen LogP) is 1.69. The minimum atomic E-state index is -0.392. The van der Waals surface area contributed by atoms with Gasteiger partial charge in [0, 0.05) is 36.5 Å². The van der Waals surface area contributed by atoms with Gasteiger partial charge in [-0.05, 0) is 19.4 Å². The fourth-order valence-corrected chi connectivity index (χ4v) is 2.41. The lowest BCUT2D eigenvalue weighted by atomic mass is 10.1. The third-order valence-electron chi connectivity index (χ3n) is 3.60. The van der Waals surface area contributed by atoms with Crippen molar-refractivity contribution in [2.75, 3.05) is 6.61 Å². The minimum absolute atomic E-state index is 0.0580. The molecule has 118 valence electrons. The highest BCUT2D eigenvalue weighted by Gasteiger charge is 2.11. The molecule has 2 aromatic rings. The van der Waals surface area contributed by atoms with E-state index in [0.717, 1.165) is 22.5 Å². The first kappa shape index (κ1) is 16.1. The smallest absolute Gasteiger partial charge is 0.269 e. The van der Waals surface area contributed by atoms with Crippen molar-refractivity contribution < 1.29 is 10.0 Å². The highest BCUT2D eigenvalue weighted by atomic mass is 16.6. The van der Waals surface area contributed by atoms with Crippen LogP contribution in [0.1, 0.15) is 22.5 Å². The van der Waals surface area contributed by atoms with Crippen molar-refractivity contribution in [3.05, 3.63) is 56.9 Å². The molecule has 1 heterocycles. The number of hydrogen-bond acceptors (Lipinski definition) is 5. The average molecular weight is 304 g/mol. The van der Waals surface area contributed by atoms with E-state index >= 15 is 0 Å². The first-order valence-electron chi connectivity index (χ1n) is 7.10. The van der Waals surface area contributed by atoms with E-state index in [9.17, 15) is 10.1 Å². The number of rotatable bonds is 7. The van der Waals surface area contributed by atoms with E-state index in [1.54, 1.807) is 16.8 Å². The highest BCUT2D eigenvalue weighted by Crippen LogP contribution is 2.15. The molecule has 0 bridgehead atoms. The zero-order valence-corrected chi connectivity index (χ0v) is 12.7. The molecular weight excluding hydrogens is 284 g/mol. The molecule has 0 saturated carbocycles. The quantitative estimate of drug-likeness (QED) is 0.600. The summed E-state index contributed by atoms with van der Waals surface area (Å²) in [5, 5.41) is 27.4. The van der Waals surface area contributed by atoms with Gasteiger partial charge in [0.05, 0.1) is 23.8 Å². The largest absolute Gasteiger partial charge is 0.394 e. The van der Waals surface area contributed by atoms with Gasteiger partial charge in [0.2, 0.25) is 0 Å². The number of nitro benzene ring substituents is 1. The van der Waals surface area contributed by atoms with Crippen molar-refractivity contribution >= 4 is 5.69 Å². The van der Waals surface area contributed by atoms with Gasteiger partial charge in [0.15, 0.2) is 0 Å². The second kappa shape index (κ2) is 7.15. The number of aliphatic hydroxyl groups is 1. The van der Waals surface area contributed by atoms with Gasteiger partial charge in [-0.3, -0.25) is 14.8 Å². The van der Waals surface area contributed by atoms with Gasteiger partial charge in [-0.25, -0.2) is 0 Å². The number of aryl methyl sites for hydroxylation is 1. The van der Waals surface area contributed by atoms with Gasteiger partial charge in [0.1, 0.15) is 0 Å². The van der Waals surface area contributed by atoms with Crippen LogP contribution >= 0.6 is 0 Å². The van der Waals surface area contributed by atoms with Crippen molar-refractivity contribution in [3.63, 3.8) is 0 Å². The van der Waals surface area contributed by atoms with E-state index in [-0.39, 0.29) is 12.3 Å². The van der Waals surface area contributed by atoms with Crippen molar-refractivity contribution in [1.29, 1.82) is 0 Å². The lowest BCUT2D eigenvalue weighted by molar-refractivity contribution is -0.384. The maximum absolute atomic E-state index is 10.8. The summed E-state index contributed by atoms with van der Waals surface area (Å²) in [6.07, 6.45) is 0. The SMILES string of the molecule is Cc1nn(CCO)c(C)c1CNCc1cccc([N+](=O)[O-])c1. The lowest BCUT2D eigenvalue weighted by Gasteiger charge is -2.06. The van der Waals surface area contributed by atoms with Crippen LogP contribution in [0.25, 0.3) is 0 Å². The molecule has 0 saturated heterocycles. The number of aliphatic hydroxyl groups excluding tert-OH is 1. The molecule has 0 aliphatic heterocycles. The molecule has 0 spiro atoms. The van der Waals surface area contributed by atoms with E-state index < -0.39 is 4.92 Å². The molecule has 2 rings (SSSR count). The van der Waals surface area contributed by atoms with Crippen LogP contribution in [0, 0.1) is 24.0 Å². The van der Waals surface area contributed by atoms with Gasteiger partial charge in [0.25, 0.3) is 5.69 Å². The van der Waals surface area contributed by atoms with Gasteiger partial charge >= 0.3 is 0 Å². The Morgan fingerprint density at radius 2 is 2.14 bits per heavy atom. The van der Waals surface area contributed by atoms with Gasteiger partial charge in [-0.1, -0.05) is 12.1 Å². The fourth-order valence-electron chi connectivity index (χ4n) is 2.41. The zero-order chi connectivity index (χ0) is 16.1. The summed E-state index contributed by atoms with van der Waals surface area (Å²) in [7, 11) is 0. The molecule has 7 heteroatoms.